The molecule has 5 heteroatoms. The van der Waals surface area contributed by atoms with E-state index in [-0.39, 0.29) is 30.8 Å². The highest BCUT2D eigenvalue weighted by atomic mass is 16.6. The molecule has 1 amide bonds. The van der Waals surface area contributed by atoms with Crippen LogP contribution in [0.2, 0.25) is 0 Å². The van der Waals surface area contributed by atoms with Crippen LogP contribution in [0.25, 0.3) is 0 Å². The third kappa shape index (κ3) is 6.23. The van der Waals surface area contributed by atoms with Crippen molar-refractivity contribution in [3.63, 3.8) is 0 Å². The van der Waals surface area contributed by atoms with Crippen molar-refractivity contribution >= 4 is 11.9 Å². The van der Waals surface area contributed by atoms with E-state index in [0.717, 1.165) is 12.8 Å². The third-order valence-corrected chi connectivity index (χ3v) is 2.74. The van der Waals surface area contributed by atoms with Gasteiger partial charge < -0.3 is 9.64 Å². The second kappa shape index (κ2) is 6.55. The number of carbonyl (C=O) groups is 2. The van der Waals surface area contributed by atoms with Crippen LogP contribution in [0.3, 0.4) is 0 Å². The number of carbonyl (C=O) groups excluding carboxylic acids is 2. The van der Waals surface area contributed by atoms with Crippen LogP contribution < -0.4 is 0 Å². The van der Waals surface area contributed by atoms with Gasteiger partial charge in [0.05, 0.1) is 18.9 Å². The maximum atomic E-state index is 12.0. The standard InChI is InChI=1S/C14H22N2O3/c1-14(2,3)19-13(18)8-7-12(17)16(10-4-9-15)11-5-6-11/h11H,4-8,10H2,1-3H3. The largest absolute Gasteiger partial charge is 0.460 e. The molecule has 1 saturated carbocycles. The average molecular weight is 266 g/mol. The first-order valence-electron chi connectivity index (χ1n) is 6.72. The van der Waals surface area contributed by atoms with E-state index in [1.54, 1.807) is 25.7 Å². The first kappa shape index (κ1) is 15.5. The van der Waals surface area contributed by atoms with Gasteiger partial charge in [0.15, 0.2) is 0 Å². The number of ether oxygens (including phenoxy) is 1. The van der Waals surface area contributed by atoms with Crippen LogP contribution in [0.4, 0.5) is 0 Å². The highest BCUT2D eigenvalue weighted by molar-refractivity contribution is 5.82. The van der Waals surface area contributed by atoms with Crippen LogP contribution >= 0.6 is 0 Å². The Labute approximate surface area is 114 Å². The Morgan fingerprint density at radius 3 is 2.42 bits per heavy atom. The number of nitrogens with zero attached hydrogens (tertiary/aromatic N) is 2. The minimum Gasteiger partial charge on any atom is -0.460 e. The summed E-state index contributed by atoms with van der Waals surface area (Å²) >= 11 is 0. The monoisotopic (exact) mass is 266 g/mol. The van der Waals surface area contributed by atoms with Crippen LogP contribution in [0.1, 0.15) is 52.9 Å². The summed E-state index contributed by atoms with van der Waals surface area (Å²) in [5, 5.41) is 8.58. The Bertz CT molecular complexity index is 375. The van der Waals surface area contributed by atoms with Gasteiger partial charge in [-0.1, -0.05) is 0 Å². The third-order valence-electron chi connectivity index (χ3n) is 2.74. The number of nitriles is 1. The molecule has 1 fully saturated rings. The minimum absolute atomic E-state index is 0.0522. The highest BCUT2D eigenvalue weighted by Crippen LogP contribution is 2.27. The van der Waals surface area contributed by atoms with Crippen molar-refractivity contribution < 1.29 is 14.3 Å². The first-order valence-corrected chi connectivity index (χ1v) is 6.72. The molecule has 0 spiro atoms. The zero-order valence-electron chi connectivity index (χ0n) is 11.9. The fourth-order valence-corrected chi connectivity index (χ4v) is 1.81. The highest BCUT2D eigenvalue weighted by Gasteiger charge is 2.32. The Morgan fingerprint density at radius 2 is 1.95 bits per heavy atom. The van der Waals surface area contributed by atoms with E-state index in [1.165, 1.54) is 0 Å². The van der Waals surface area contributed by atoms with Gasteiger partial charge in [-0.05, 0) is 33.6 Å². The van der Waals surface area contributed by atoms with Gasteiger partial charge in [-0.3, -0.25) is 9.59 Å². The smallest absolute Gasteiger partial charge is 0.306 e. The number of esters is 1. The van der Waals surface area contributed by atoms with E-state index in [2.05, 4.69) is 0 Å². The van der Waals surface area contributed by atoms with Crippen molar-refractivity contribution in [2.75, 3.05) is 6.54 Å². The molecular weight excluding hydrogens is 244 g/mol. The Balaban J connectivity index is 2.36. The molecule has 0 aromatic heterocycles. The molecule has 0 aromatic rings. The molecule has 0 unspecified atom stereocenters. The molecule has 0 atom stereocenters. The van der Waals surface area contributed by atoms with Gasteiger partial charge in [-0.15, -0.1) is 0 Å². The van der Waals surface area contributed by atoms with Gasteiger partial charge in [-0.2, -0.15) is 5.26 Å². The van der Waals surface area contributed by atoms with Gasteiger partial charge in [0, 0.05) is 19.0 Å². The van der Waals surface area contributed by atoms with Crippen LogP contribution in [0.15, 0.2) is 0 Å². The van der Waals surface area contributed by atoms with E-state index >= 15 is 0 Å². The lowest BCUT2D eigenvalue weighted by Crippen LogP contribution is -2.34. The van der Waals surface area contributed by atoms with Crippen molar-refractivity contribution in [2.45, 2.75) is 64.5 Å². The molecule has 0 aromatic carbocycles. The van der Waals surface area contributed by atoms with Crippen LogP contribution in [0.5, 0.6) is 0 Å². The van der Waals surface area contributed by atoms with Crippen molar-refractivity contribution in [1.82, 2.24) is 4.90 Å². The molecule has 0 N–H and O–H groups in total. The van der Waals surface area contributed by atoms with Crippen molar-refractivity contribution in [3.05, 3.63) is 0 Å². The van der Waals surface area contributed by atoms with Gasteiger partial charge in [0.2, 0.25) is 5.91 Å². The molecule has 0 radical (unpaired) electrons. The normalized spacial score (nSPS) is 14.6. The molecule has 0 heterocycles. The summed E-state index contributed by atoms with van der Waals surface area (Å²) in [4.78, 5) is 25.3. The van der Waals surface area contributed by atoms with Gasteiger partial charge in [-0.25, -0.2) is 0 Å². The summed E-state index contributed by atoms with van der Waals surface area (Å²) in [7, 11) is 0. The SMILES string of the molecule is CC(C)(C)OC(=O)CCC(=O)N(CCC#N)C1CC1. The number of amides is 1. The topological polar surface area (TPSA) is 70.4 Å². The van der Waals surface area contributed by atoms with Gasteiger partial charge >= 0.3 is 5.97 Å². The van der Waals surface area contributed by atoms with Gasteiger partial charge in [0.1, 0.15) is 5.60 Å². The van der Waals surface area contributed by atoms with Crippen molar-refractivity contribution in [1.29, 1.82) is 5.26 Å². The Hall–Kier alpha value is -1.57. The van der Waals surface area contributed by atoms with E-state index < -0.39 is 5.60 Å². The molecule has 0 saturated heterocycles. The lowest BCUT2D eigenvalue weighted by atomic mass is 10.2. The number of hydrogen-bond acceptors (Lipinski definition) is 4. The molecule has 5 nitrogen and oxygen atoms in total. The quantitative estimate of drug-likeness (QED) is 0.689. The van der Waals surface area contributed by atoms with E-state index in [1.807, 2.05) is 6.07 Å². The van der Waals surface area contributed by atoms with Crippen LogP contribution in [0, 0.1) is 11.3 Å². The van der Waals surface area contributed by atoms with Gasteiger partial charge in [0.25, 0.3) is 0 Å². The van der Waals surface area contributed by atoms with E-state index in [4.69, 9.17) is 10.00 Å². The Kier molecular flexibility index (Phi) is 5.34. The fraction of sp³-hybridized carbons (Fsp3) is 0.786. The van der Waals surface area contributed by atoms with Crippen molar-refractivity contribution in [3.8, 4) is 6.07 Å². The summed E-state index contributed by atoms with van der Waals surface area (Å²) in [6.45, 7) is 5.87. The molecule has 1 rings (SSSR count). The molecule has 0 aliphatic heterocycles. The fourth-order valence-electron chi connectivity index (χ4n) is 1.81. The summed E-state index contributed by atoms with van der Waals surface area (Å²) in [5.74, 6) is -0.402. The molecule has 1 aliphatic rings. The second-order valence-corrected chi connectivity index (χ2v) is 5.81. The summed E-state index contributed by atoms with van der Waals surface area (Å²) in [5.41, 5.74) is -0.517. The van der Waals surface area contributed by atoms with E-state index in [9.17, 15) is 9.59 Å². The maximum Gasteiger partial charge on any atom is 0.306 e. The molecule has 106 valence electrons. The van der Waals surface area contributed by atoms with Crippen molar-refractivity contribution in [2.24, 2.45) is 0 Å². The summed E-state index contributed by atoms with van der Waals surface area (Å²) in [6.07, 6.45) is 2.62. The zero-order valence-corrected chi connectivity index (χ0v) is 11.9. The number of rotatable bonds is 6. The summed E-state index contributed by atoms with van der Waals surface area (Å²) in [6, 6.07) is 2.32. The molecular formula is C14H22N2O3. The van der Waals surface area contributed by atoms with Crippen LogP contribution in [-0.4, -0.2) is 35.0 Å². The van der Waals surface area contributed by atoms with Crippen LogP contribution in [-0.2, 0) is 14.3 Å². The average Bonchev–Trinajstić information content (AvgIpc) is 3.09. The molecule has 1 aliphatic carbocycles. The molecule has 19 heavy (non-hydrogen) atoms. The zero-order chi connectivity index (χ0) is 14.5. The Morgan fingerprint density at radius 1 is 1.32 bits per heavy atom. The lowest BCUT2D eigenvalue weighted by Gasteiger charge is -2.22. The predicted molar refractivity (Wildman–Crippen MR) is 70.0 cm³/mol. The summed E-state index contributed by atoms with van der Waals surface area (Å²) < 4.78 is 5.16. The van der Waals surface area contributed by atoms with E-state index in [0.29, 0.717) is 13.0 Å². The first-order chi connectivity index (χ1) is 8.83. The predicted octanol–water partition coefficient (Wildman–Crippen LogP) is 2.01. The maximum absolute atomic E-state index is 12.0. The molecule has 0 bridgehead atoms. The number of hydrogen-bond donors (Lipinski definition) is 0. The minimum atomic E-state index is -0.517. The second-order valence-electron chi connectivity index (χ2n) is 5.81. The lowest BCUT2D eigenvalue weighted by molar-refractivity contribution is -0.156.